The molecule has 0 aliphatic rings. The van der Waals surface area contributed by atoms with Gasteiger partial charge in [0.05, 0.1) is 0 Å². The summed E-state index contributed by atoms with van der Waals surface area (Å²) in [5.74, 6) is 3.50. The van der Waals surface area contributed by atoms with Crippen molar-refractivity contribution in [3.63, 3.8) is 0 Å². The number of rotatable bonds is 0. The smallest absolute Gasteiger partial charge is 0 e. The summed E-state index contributed by atoms with van der Waals surface area (Å²) in [5.41, 5.74) is 0. The van der Waals surface area contributed by atoms with Gasteiger partial charge in [0.1, 0.15) is 0 Å². The fourth-order valence-corrected chi connectivity index (χ4v) is 0. The minimum Gasteiger partial charge on any atom is -0.320 e. The summed E-state index contributed by atoms with van der Waals surface area (Å²) in [6, 6.07) is 0. The largest absolute Gasteiger partial charge is 0.320 e. The van der Waals surface area contributed by atoms with Gasteiger partial charge in [-0.2, -0.15) is 0 Å². The van der Waals surface area contributed by atoms with Crippen molar-refractivity contribution in [3.8, 4) is 0 Å². The van der Waals surface area contributed by atoms with E-state index < -0.39 is 0 Å². The SMILES string of the molecule is Cl.NO.[Co]. The summed E-state index contributed by atoms with van der Waals surface area (Å²) in [4.78, 5) is 0. The summed E-state index contributed by atoms with van der Waals surface area (Å²) in [6.07, 6.45) is 0. The zero-order valence-electron chi connectivity index (χ0n) is 1.77. The molecule has 0 aromatic carbocycles. The first kappa shape index (κ1) is 22.1. The molecule has 0 atom stereocenters. The maximum absolute atomic E-state index is 6.50. The van der Waals surface area contributed by atoms with E-state index in [0.717, 1.165) is 0 Å². The number of halogens is 1. The van der Waals surface area contributed by atoms with Crippen molar-refractivity contribution in [2.24, 2.45) is 5.90 Å². The van der Waals surface area contributed by atoms with E-state index in [1.165, 1.54) is 0 Å². The van der Waals surface area contributed by atoms with E-state index in [2.05, 4.69) is 5.90 Å². The van der Waals surface area contributed by atoms with Crippen molar-refractivity contribution < 1.29 is 22.0 Å². The molecule has 0 aromatic heterocycles. The van der Waals surface area contributed by atoms with Crippen LogP contribution >= 0.6 is 12.4 Å². The molecule has 3 N–H and O–H groups in total. The Hall–Kier alpha value is 0.716. The van der Waals surface area contributed by atoms with Gasteiger partial charge in [0.15, 0.2) is 0 Å². The molecule has 0 aromatic rings. The van der Waals surface area contributed by atoms with Gasteiger partial charge in [-0.15, -0.1) is 12.4 Å². The molecule has 0 fully saturated rings. The van der Waals surface area contributed by atoms with E-state index in [4.69, 9.17) is 5.21 Å². The van der Waals surface area contributed by atoms with Crippen LogP contribution in [0, 0.1) is 0 Å². The van der Waals surface area contributed by atoms with Gasteiger partial charge in [0.2, 0.25) is 0 Å². The van der Waals surface area contributed by atoms with E-state index in [1.54, 1.807) is 0 Å². The third kappa shape index (κ3) is 15.6. The van der Waals surface area contributed by atoms with Crippen LogP contribution in [0.25, 0.3) is 0 Å². The van der Waals surface area contributed by atoms with Crippen LogP contribution in [0.5, 0.6) is 0 Å². The Kier molecular flexibility index (Phi) is 295. The second-order valence-electron chi connectivity index (χ2n) is 0. The molecule has 0 saturated carbocycles. The van der Waals surface area contributed by atoms with E-state index in [9.17, 15) is 0 Å². The van der Waals surface area contributed by atoms with Gasteiger partial charge in [-0.1, -0.05) is 0 Å². The number of hydrogen-bond acceptors (Lipinski definition) is 2. The molecule has 0 aliphatic carbocycles. The minimum absolute atomic E-state index is 0. The number of nitrogens with two attached hydrogens (primary N) is 1. The van der Waals surface area contributed by atoms with E-state index >= 15 is 0 Å². The van der Waals surface area contributed by atoms with E-state index in [0.29, 0.717) is 0 Å². The van der Waals surface area contributed by atoms with Gasteiger partial charge in [-0.05, 0) is 0 Å². The van der Waals surface area contributed by atoms with Crippen LogP contribution in [-0.4, -0.2) is 5.21 Å². The Morgan fingerprint density at radius 3 is 1.25 bits per heavy atom. The van der Waals surface area contributed by atoms with Crippen LogP contribution in [0.15, 0.2) is 0 Å². The maximum atomic E-state index is 6.50. The molecule has 0 aliphatic heterocycles. The van der Waals surface area contributed by atoms with Crippen molar-refractivity contribution in [2.45, 2.75) is 0 Å². The third-order valence-electron chi connectivity index (χ3n) is 0. The van der Waals surface area contributed by atoms with Crippen LogP contribution < -0.4 is 5.90 Å². The molecular formula is H4ClCoNO. The molecule has 31 valence electrons. The van der Waals surface area contributed by atoms with Crippen LogP contribution in [0.2, 0.25) is 0 Å². The predicted octanol–water partition coefficient (Wildman–Crippen LogP) is -0.246. The molecule has 4 heteroatoms. The van der Waals surface area contributed by atoms with Crippen LogP contribution in [-0.2, 0) is 16.8 Å². The molecule has 1 radical (unpaired) electrons. The molecule has 0 spiro atoms. The summed E-state index contributed by atoms with van der Waals surface area (Å²) in [5, 5.41) is 6.50. The molecule has 0 heterocycles. The molecule has 0 bridgehead atoms. The Morgan fingerprint density at radius 2 is 1.25 bits per heavy atom. The Balaban J connectivity index is -0.00000000500. The van der Waals surface area contributed by atoms with Gasteiger partial charge in [-0.25, -0.2) is 5.90 Å². The second-order valence-corrected chi connectivity index (χ2v) is 0. The summed E-state index contributed by atoms with van der Waals surface area (Å²) < 4.78 is 0. The second kappa shape index (κ2) is 53.4. The van der Waals surface area contributed by atoms with Crippen LogP contribution in [0.4, 0.5) is 0 Å². The molecule has 0 rings (SSSR count). The van der Waals surface area contributed by atoms with Crippen molar-refractivity contribution in [2.75, 3.05) is 0 Å². The van der Waals surface area contributed by atoms with Crippen molar-refractivity contribution >= 4 is 12.4 Å². The third-order valence-corrected chi connectivity index (χ3v) is 0. The minimum atomic E-state index is 0. The summed E-state index contributed by atoms with van der Waals surface area (Å²) >= 11 is 0. The average molecular weight is 128 g/mol. The first-order valence-electron chi connectivity index (χ1n) is 0.258. The van der Waals surface area contributed by atoms with Gasteiger partial charge in [-0.3, -0.25) is 0 Å². The number of hydrogen-bond donors (Lipinski definition) is 2. The van der Waals surface area contributed by atoms with Gasteiger partial charge in [0.25, 0.3) is 0 Å². The normalized spacial score (nSPS) is 1.50. The first-order chi connectivity index (χ1) is 1.00. The molecule has 0 saturated heterocycles. The van der Waals surface area contributed by atoms with Crippen molar-refractivity contribution in [1.29, 1.82) is 0 Å². The van der Waals surface area contributed by atoms with Gasteiger partial charge < -0.3 is 5.21 Å². The fraction of sp³-hybridized carbons (Fsp3) is 0. The maximum Gasteiger partial charge on any atom is 0 e. The topological polar surface area (TPSA) is 46.2 Å². The summed E-state index contributed by atoms with van der Waals surface area (Å²) in [7, 11) is 0. The average Bonchev–Trinajstić information content (AvgIpc) is 1.00. The van der Waals surface area contributed by atoms with E-state index in [-0.39, 0.29) is 29.2 Å². The molecule has 0 amide bonds. The van der Waals surface area contributed by atoms with Gasteiger partial charge in [0, 0.05) is 16.8 Å². The molecule has 4 heavy (non-hydrogen) atoms. The summed E-state index contributed by atoms with van der Waals surface area (Å²) in [6.45, 7) is 0. The van der Waals surface area contributed by atoms with Crippen LogP contribution in [0.3, 0.4) is 0 Å². The van der Waals surface area contributed by atoms with Crippen molar-refractivity contribution in [3.05, 3.63) is 0 Å². The quantitative estimate of drug-likeness (QED) is 0.442. The molecule has 0 unspecified atom stereocenters. The monoisotopic (exact) mass is 128 g/mol. The zero-order valence-corrected chi connectivity index (χ0v) is 3.62. The Morgan fingerprint density at radius 1 is 1.25 bits per heavy atom. The van der Waals surface area contributed by atoms with Crippen LogP contribution in [0.1, 0.15) is 0 Å². The predicted molar refractivity (Wildman–Crippen MR) is 13.2 cm³/mol. The molecular weight excluding hydrogens is 124 g/mol. The fourth-order valence-electron chi connectivity index (χ4n) is 0. The standard InChI is InChI=1S/ClH.Co.H3NO/c;;1-2/h1H;;2H,1H2. The van der Waals surface area contributed by atoms with Crippen molar-refractivity contribution in [1.82, 2.24) is 0 Å². The van der Waals surface area contributed by atoms with E-state index in [1.807, 2.05) is 0 Å². The van der Waals surface area contributed by atoms with Gasteiger partial charge >= 0.3 is 0 Å². The zero-order chi connectivity index (χ0) is 2.00. The Bertz CT molecular complexity index is 8.00. The Labute approximate surface area is 40.9 Å². The molecule has 2 nitrogen and oxygen atoms in total. The first-order valence-corrected chi connectivity index (χ1v) is 0.258.